The highest BCUT2D eigenvalue weighted by Gasteiger charge is 2.18. The number of nitrogens with zero attached hydrogens (tertiary/aromatic N) is 2. The lowest BCUT2D eigenvalue weighted by Crippen LogP contribution is -2.40. The average Bonchev–Trinajstić information content (AvgIpc) is 3.17. The van der Waals surface area contributed by atoms with E-state index in [1.165, 1.54) is 0 Å². The summed E-state index contributed by atoms with van der Waals surface area (Å²) in [5.41, 5.74) is 4.68. The van der Waals surface area contributed by atoms with Gasteiger partial charge in [0.25, 0.3) is 5.91 Å². The van der Waals surface area contributed by atoms with Crippen molar-refractivity contribution in [3.63, 3.8) is 0 Å². The molecule has 36 heavy (non-hydrogen) atoms. The number of nitrogens with one attached hydrogen (secondary N) is 2. The predicted octanol–water partition coefficient (Wildman–Crippen LogP) is 5.47. The van der Waals surface area contributed by atoms with Crippen molar-refractivity contribution in [1.29, 1.82) is 0 Å². The van der Waals surface area contributed by atoms with Gasteiger partial charge in [-0.2, -0.15) is 13.1 Å². The SMILES string of the molecule is CCCCCNS(=O)(=O)NC(=O)c1ccc2nc(C)n(Cc3ccc(-c4ccccc4)cc3Cl)c2c1. The maximum Gasteiger partial charge on any atom is 0.301 e. The van der Waals surface area contributed by atoms with Crippen LogP contribution in [0.1, 0.15) is 47.9 Å². The van der Waals surface area contributed by atoms with Crippen LogP contribution in [0.15, 0.2) is 66.7 Å². The number of halogens is 1. The lowest BCUT2D eigenvalue weighted by atomic mass is 10.0. The van der Waals surface area contributed by atoms with E-state index in [1.54, 1.807) is 18.2 Å². The highest BCUT2D eigenvalue weighted by atomic mass is 35.5. The summed E-state index contributed by atoms with van der Waals surface area (Å²) in [7, 11) is -3.94. The second kappa shape index (κ2) is 11.2. The first-order valence-electron chi connectivity index (χ1n) is 11.9. The molecule has 3 aromatic carbocycles. The third-order valence-electron chi connectivity index (χ3n) is 5.99. The molecule has 2 N–H and O–H groups in total. The van der Waals surface area contributed by atoms with Crippen molar-refractivity contribution in [3.8, 4) is 11.1 Å². The van der Waals surface area contributed by atoms with Gasteiger partial charge in [-0.1, -0.05) is 73.8 Å². The monoisotopic (exact) mass is 524 g/mol. The second-order valence-corrected chi connectivity index (χ2v) is 10.6. The first kappa shape index (κ1) is 25.9. The summed E-state index contributed by atoms with van der Waals surface area (Å²) in [5.74, 6) is 0.0616. The number of carbonyl (C=O) groups is 1. The van der Waals surface area contributed by atoms with Crippen LogP contribution in [0.25, 0.3) is 22.2 Å². The number of carbonyl (C=O) groups excluding carboxylic acids is 1. The molecule has 0 atom stereocenters. The van der Waals surface area contributed by atoms with E-state index in [0.717, 1.165) is 40.9 Å². The number of aryl methyl sites for hydroxylation is 1. The molecule has 188 valence electrons. The molecule has 9 heteroatoms. The van der Waals surface area contributed by atoms with Gasteiger partial charge >= 0.3 is 10.2 Å². The molecule has 4 aromatic rings. The van der Waals surface area contributed by atoms with Gasteiger partial charge in [-0.25, -0.2) is 9.71 Å². The fraction of sp³-hybridized carbons (Fsp3) is 0.259. The Hall–Kier alpha value is -3.20. The van der Waals surface area contributed by atoms with Crippen LogP contribution in [-0.2, 0) is 16.8 Å². The Morgan fingerprint density at radius 2 is 1.78 bits per heavy atom. The van der Waals surface area contributed by atoms with Crippen LogP contribution >= 0.6 is 11.6 Å². The number of amides is 1. The minimum Gasteiger partial charge on any atom is -0.324 e. The van der Waals surface area contributed by atoms with Gasteiger partial charge in [0, 0.05) is 17.1 Å². The molecule has 0 aliphatic rings. The third kappa shape index (κ3) is 6.13. The molecule has 1 heterocycles. The van der Waals surface area contributed by atoms with Crippen LogP contribution in [0.4, 0.5) is 0 Å². The number of hydrogen-bond donors (Lipinski definition) is 2. The number of rotatable bonds is 10. The molecule has 7 nitrogen and oxygen atoms in total. The van der Waals surface area contributed by atoms with E-state index >= 15 is 0 Å². The average molecular weight is 525 g/mol. The Morgan fingerprint density at radius 1 is 1.00 bits per heavy atom. The topological polar surface area (TPSA) is 93.1 Å². The number of fused-ring (bicyclic) bond motifs is 1. The van der Waals surface area contributed by atoms with Gasteiger partial charge in [-0.3, -0.25) is 4.79 Å². The molecular weight excluding hydrogens is 496 g/mol. The number of hydrogen-bond acceptors (Lipinski definition) is 4. The molecule has 1 amide bonds. The zero-order chi connectivity index (χ0) is 25.7. The van der Waals surface area contributed by atoms with Crippen LogP contribution in [-0.4, -0.2) is 30.4 Å². The van der Waals surface area contributed by atoms with E-state index in [1.807, 2.05) is 66.9 Å². The Balaban J connectivity index is 1.56. The maximum absolute atomic E-state index is 12.7. The molecule has 0 saturated heterocycles. The lowest BCUT2D eigenvalue weighted by molar-refractivity contribution is 0.0981. The van der Waals surface area contributed by atoms with E-state index in [9.17, 15) is 13.2 Å². The Bertz CT molecular complexity index is 1480. The van der Waals surface area contributed by atoms with E-state index in [2.05, 4.69) is 14.4 Å². The van der Waals surface area contributed by atoms with Crippen molar-refractivity contribution in [2.24, 2.45) is 0 Å². The summed E-state index contributed by atoms with van der Waals surface area (Å²) in [5, 5.41) is 0.631. The molecule has 0 aliphatic heterocycles. The van der Waals surface area contributed by atoms with Gasteiger partial charge in [0.15, 0.2) is 0 Å². The normalized spacial score (nSPS) is 11.6. The van der Waals surface area contributed by atoms with Crippen LogP contribution in [0.3, 0.4) is 0 Å². The summed E-state index contributed by atoms with van der Waals surface area (Å²) in [6, 6.07) is 20.9. The number of unbranched alkanes of at least 4 members (excludes halogenated alkanes) is 2. The number of aromatic nitrogens is 2. The Kier molecular flexibility index (Phi) is 8.08. The maximum atomic E-state index is 12.7. The van der Waals surface area contributed by atoms with Crippen molar-refractivity contribution in [2.45, 2.75) is 39.7 Å². The Labute approximate surface area is 216 Å². The Morgan fingerprint density at radius 3 is 2.50 bits per heavy atom. The van der Waals surface area contributed by atoms with Gasteiger partial charge in [0.1, 0.15) is 5.82 Å². The molecule has 0 saturated carbocycles. The highest BCUT2D eigenvalue weighted by molar-refractivity contribution is 7.88. The summed E-state index contributed by atoms with van der Waals surface area (Å²) < 4.78 is 31.0. The second-order valence-electron chi connectivity index (χ2n) is 8.66. The molecule has 0 spiro atoms. The molecule has 0 unspecified atom stereocenters. The predicted molar refractivity (Wildman–Crippen MR) is 144 cm³/mol. The largest absolute Gasteiger partial charge is 0.324 e. The van der Waals surface area contributed by atoms with Crippen molar-refractivity contribution >= 4 is 38.8 Å². The smallest absolute Gasteiger partial charge is 0.301 e. The van der Waals surface area contributed by atoms with Crippen molar-refractivity contribution in [3.05, 3.63) is 88.7 Å². The van der Waals surface area contributed by atoms with Crippen LogP contribution in [0.2, 0.25) is 5.02 Å². The molecule has 0 bridgehead atoms. The first-order valence-corrected chi connectivity index (χ1v) is 13.8. The standard InChI is InChI=1S/C27H29ClN4O3S/c1-3-4-8-15-29-36(34,35)31-27(33)22-13-14-25-26(17-22)32(19(2)30-25)18-23-12-11-21(16-24(23)28)20-9-6-5-7-10-20/h5-7,9-14,16-17,29H,3-4,8,15,18H2,1-2H3,(H,31,33). The lowest BCUT2D eigenvalue weighted by Gasteiger charge is -2.12. The van der Waals surface area contributed by atoms with Gasteiger partial charge in [0.2, 0.25) is 0 Å². The molecule has 0 radical (unpaired) electrons. The van der Waals surface area contributed by atoms with Crippen molar-refractivity contribution in [1.82, 2.24) is 19.0 Å². The van der Waals surface area contributed by atoms with Crippen LogP contribution < -0.4 is 9.44 Å². The molecule has 1 aromatic heterocycles. The van der Waals surface area contributed by atoms with E-state index < -0.39 is 16.1 Å². The van der Waals surface area contributed by atoms with Gasteiger partial charge in [-0.05, 0) is 54.3 Å². The quantitative estimate of drug-likeness (QED) is 0.269. The molecule has 0 aliphatic carbocycles. The highest BCUT2D eigenvalue weighted by Crippen LogP contribution is 2.28. The fourth-order valence-electron chi connectivity index (χ4n) is 4.04. The van der Waals surface area contributed by atoms with E-state index in [0.29, 0.717) is 23.5 Å². The van der Waals surface area contributed by atoms with E-state index in [4.69, 9.17) is 11.6 Å². The number of benzene rings is 3. The summed E-state index contributed by atoms with van der Waals surface area (Å²) in [6.45, 7) is 4.66. The van der Waals surface area contributed by atoms with Gasteiger partial charge < -0.3 is 4.57 Å². The van der Waals surface area contributed by atoms with Crippen molar-refractivity contribution < 1.29 is 13.2 Å². The van der Waals surface area contributed by atoms with Crippen molar-refractivity contribution in [2.75, 3.05) is 6.54 Å². The van der Waals surface area contributed by atoms with Gasteiger partial charge in [-0.15, -0.1) is 0 Å². The zero-order valence-electron chi connectivity index (χ0n) is 20.3. The van der Waals surface area contributed by atoms with Crippen LogP contribution in [0, 0.1) is 6.92 Å². The summed E-state index contributed by atoms with van der Waals surface area (Å²) in [4.78, 5) is 17.3. The minimum absolute atomic E-state index is 0.230. The van der Waals surface area contributed by atoms with Gasteiger partial charge in [0.05, 0.1) is 17.6 Å². The fourth-order valence-corrected chi connectivity index (χ4v) is 5.13. The molecule has 0 fully saturated rings. The summed E-state index contributed by atoms with van der Waals surface area (Å²) in [6.07, 6.45) is 2.60. The third-order valence-corrected chi connectivity index (χ3v) is 7.38. The molecular formula is C27H29ClN4O3S. The van der Waals surface area contributed by atoms with E-state index in [-0.39, 0.29) is 12.1 Å². The first-order chi connectivity index (χ1) is 17.3. The summed E-state index contributed by atoms with van der Waals surface area (Å²) >= 11 is 6.64. The minimum atomic E-state index is -3.94. The van der Waals surface area contributed by atoms with Crippen LogP contribution in [0.5, 0.6) is 0 Å². The number of imidazole rings is 1. The zero-order valence-corrected chi connectivity index (χ0v) is 21.9. The molecule has 4 rings (SSSR count).